The van der Waals surface area contributed by atoms with Crippen LogP contribution in [0.1, 0.15) is 18.1 Å². The predicted molar refractivity (Wildman–Crippen MR) is 103 cm³/mol. The number of nitrogens with zero attached hydrogens (tertiary/aromatic N) is 2. The third-order valence-electron chi connectivity index (χ3n) is 4.88. The Morgan fingerprint density at radius 1 is 1.04 bits per heavy atom. The van der Waals surface area contributed by atoms with E-state index in [1.165, 1.54) is 0 Å². The van der Waals surface area contributed by atoms with Crippen LogP contribution in [0.3, 0.4) is 0 Å². The molecule has 2 aromatic rings. The Bertz CT molecular complexity index is 768. The maximum atomic E-state index is 12.9. The number of carbonyl (C=O) groups excluding carboxylic acids is 1. The first-order valence-corrected chi connectivity index (χ1v) is 8.85. The van der Waals surface area contributed by atoms with Gasteiger partial charge in [0.05, 0.1) is 26.3 Å². The molecular formula is C21H26N2O3. The summed E-state index contributed by atoms with van der Waals surface area (Å²) in [4.78, 5) is 17.0. The van der Waals surface area contributed by atoms with Crippen molar-refractivity contribution in [2.75, 3.05) is 32.2 Å². The normalized spacial score (nSPS) is 18.1. The van der Waals surface area contributed by atoms with Crippen molar-refractivity contribution in [3.8, 4) is 11.5 Å². The molecule has 0 spiro atoms. The molecule has 0 aliphatic carbocycles. The Labute approximate surface area is 155 Å². The first kappa shape index (κ1) is 18.3. The molecule has 1 fully saturated rings. The average molecular weight is 354 g/mol. The van der Waals surface area contributed by atoms with Crippen LogP contribution in [0, 0.1) is 6.92 Å². The van der Waals surface area contributed by atoms with Gasteiger partial charge in [-0.15, -0.1) is 0 Å². The zero-order valence-corrected chi connectivity index (χ0v) is 15.9. The molecule has 0 bridgehead atoms. The summed E-state index contributed by atoms with van der Waals surface area (Å²) in [5.74, 6) is 1.68. The number of anilines is 1. The fourth-order valence-corrected chi connectivity index (χ4v) is 3.67. The van der Waals surface area contributed by atoms with E-state index in [0.717, 1.165) is 34.9 Å². The number of amides is 1. The zero-order chi connectivity index (χ0) is 18.7. The summed E-state index contributed by atoms with van der Waals surface area (Å²) < 4.78 is 11.0. The van der Waals surface area contributed by atoms with Gasteiger partial charge in [-0.2, -0.15) is 0 Å². The SMILES string of the molecule is COc1cccc(OC)c1CN1CC(=O)N(c2ccccc2C)C(C)C1. The lowest BCUT2D eigenvalue weighted by molar-refractivity contribution is -0.122. The second-order valence-electron chi connectivity index (χ2n) is 6.71. The average Bonchev–Trinajstić information content (AvgIpc) is 2.63. The summed E-state index contributed by atoms with van der Waals surface area (Å²) in [5, 5.41) is 0. The molecule has 1 saturated heterocycles. The lowest BCUT2D eigenvalue weighted by atomic mass is 10.1. The number of methoxy groups -OCH3 is 2. The van der Waals surface area contributed by atoms with Crippen LogP contribution in [0.15, 0.2) is 42.5 Å². The van der Waals surface area contributed by atoms with Crippen LogP contribution < -0.4 is 14.4 Å². The van der Waals surface area contributed by atoms with Crippen molar-refractivity contribution < 1.29 is 14.3 Å². The van der Waals surface area contributed by atoms with E-state index >= 15 is 0 Å². The Kier molecular flexibility index (Phi) is 5.47. The standard InChI is InChI=1S/C21H26N2O3/c1-15-8-5-6-9-18(15)23-16(2)12-22(14-21(23)24)13-17-19(25-3)10-7-11-20(17)26-4/h5-11,16H,12-14H2,1-4H3. The molecule has 0 radical (unpaired) electrons. The van der Waals surface area contributed by atoms with Crippen LogP contribution in [0.2, 0.25) is 0 Å². The van der Waals surface area contributed by atoms with Crippen LogP contribution in [0.4, 0.5) is 5.69 Å². The van der Waals surface area contributed by atoms with Crippen LogP contribution in [-0.2, 0) is 11.3 Å². The minimum Gasteiger partial charge on any atom is -0.496 e. The van der Waals surface area contributed by atoms with Crippen molar-refractivity contribution in [2.45, 2.75) is 26.4 Å². The molecule has 5 heteroatoms. The van der Waals surface area contributed by atoms with Gasteiger partial charge in [0.2, 0.25) is 5.91 Å². The topological polar surface area (TPSA) is 42.0 Å². The summed E-state index contributed by atoms with van der Waals surface area (Å²) in [6.45, 7) is 5.92. The summed E-state index contributed by atoms with van der Waals surface area (Å²) in [6.07, 6.45) is 0. The number of hydrogen-bond donors (Lipinski definition) is 0. The van der Waals surface area contributed by atoms with Crippen molar-refractivity contribution in [2.24, 2.45) is 0 Å². The molecule has 3 rings (SSSR count). The van der Waals surface area contributed by atoms with E-state index in [1.54, 1.807) is 14.2 Å². The molecule has 0 N–H and O–H groups in total. The fraction of sp³-hybridized carbons (Fsp3) is 0.381. The highest BCUT2D eigenvalue weighted by atomic mass is 16.5. The Morgan fingerprint density at radius 3 is 2.27 bits per heavy atom. The van der Waals surface area contributed by atoms with E-state index < -0.39 is 0 Å². The van der Waals surface area contributed by atoms with Gasteiger partial charge in [0.15, 0.2) is 0 Å². The summed E-state index contributed by atoms with van der Waals surface area (Å²) in [6, 6.07) is 13.9. The number of hydrogen-bond acceptors (Lipinski definition) is 4. The number of aryl methyl sites for hydroxylation is 1. The number of carbonyl (C=O) groups is 1. The number of rotatable bonds is 5. The number of ether oxygens (including phenoxy) is 2. The molecule has 1 aliphatic heterocycles. The van der Waals surface area contributed by atoms with Crippen molar-refractivity contribution in [3.63, 3.8) is 0 Å². The zero-order valence-electron chi connectivity index (χ0n) is 15.9. The van der Waals surface area contributed by atoms with Crippen molar-refractivity contribution >= 4 is 11.6 Å². The van der Waals surface area contributed by atoms with Crippen molar-refractivity contribution in [3.05, 3.63) is 53.6 Å². The minimum atomic E-state index is 0.0954. The second kappa shape index (κ2) is 7.79. The van der Waals surface area contributed by atoms with Gasteiger partial charge in [-0.25, -0.2) is 0 Å². The highest BCUT2D eigenvalue weighted by molar-refractivity contribution is 5.96. The van der Waals surface area contributed by atoms with E-state index in [4.69, 9.17) is 9.47 Å². The first-order valence-electron chi connectivity index (χ1n) is 8.85. The molecule has 0 aromatic heterocycles. The second-order valence-corrected chi connectivity index (χ2v) is 6.71. The maximum absolute atomic E-state index is 12.9. The van der Waals surface area contributed by atoms with E-state index in [1.807, 2.05) is 54.3 Å². The highest BCUT2D eigenvalue weighted by Crippen LogP contribution is 2.31. The Balaban J connectivity index is 1.81. The minimum absolute atomic E-state index is 0.0954. The lowest BCUT2D eigenvalue weighted by Gasteiger charge is -2.40. The number of para-hydroxylation sites is 1. The third-order valence-corrected chi connectivity index (χ3v) is 4.88. The molecular weight excluding hydrogens is 328 g/mol. The highest BCUT2D eigenvalue weighted by Gasteiger charge is 2.32. The van der Waals surface area contributed by atoms with Gasteiger partial charge >= 0.3 is 0 Å². The summed E-state index contributed by atoms with van der Waals surface area (Å²) >= 11 is 0. The van der Waals surface area contributed by atoms with Gasteiger partial charge in [0.25, 0.3) is 0 Å². The van der Waals surface area contributed by atoms with Gasteiger partial charge < -0.3 is 14.4 Å². The van der Waals surface area contributed by atoms with E-state index in [2.05, 4.69) is 11.8 Å². The van der Waals surface area contributed by atoms with Crippen LogP contribution in [0.25, 0.3) is 0 Å². The third kappa shape index (κ3) is 3.53. The molecule has 1 aliphatic rings. The Hall–Kier alpha value is -2.53. The molecule has 1 amide bonds. The summed E-state index contributed by atoms with van der Waals surface area (Å²) in [5.41, 5.74) is 3.09. The van der Waals surface area contributed by atoms with E-state index in [0.29, 0.717) is 13.1 Å². The molecule has 138 valence electrons. The smallest absolute Gasteiger partial charge is 0.241 e. The predicted octanol–water partition coefficient (Wildman–Crippen LogP) is 3.25. The van der Waals surface area contributed by atoms with Crippen LogP contribution >= 0.6 is 0 Å². The van der Waals surface area contributed by atoms with Crippen molar-refractivity contribution in [1.82, 2.24) is 4.90 Å². The van der Waals surface area contributed by atoms with Crippen LogP contribution in [0.5, 0.6) is 11.5 Å². The lowest BCUT2D eigenvalue weighted by Crippen LogP contribution is -2.55. The molecule has 1 unspecified atom stereocenters. The van der Waals surface area contributed by atoms with Crippen molar-refractivity contribution in [1.29, 1.82) is 0 Å². The molecule has 1 heterocycles. The number of piperazine rings is 1. The first-order chi connectivity index (χ1) is 12.5. The molecule has 0 saturated carbocycles. The quantitative estimate of drug-likeness (QED) is 0.827. The monoisotopic (exact) mass is 354 g/mol. The fourth-order valence-electron chi connectivity index (χ4n) is 3.67. The summed E-state index contributed by atoms with van der Waals surface area (Å²) in [7, 11) is 3.31. The van der Waals surface area contributed by atoms with Gasteiger partial charge in [-0.1, -0.05) is 24.3 Å². The van der Waals surface area contributed by atoms with Gasteiger partial charge in [-0.05, 0) is 37.6 Å². The molecule has 1 atom stereocenters. The maximum Gasteiger partial charge on any atom is 0.241 e. The molecule has 2 aromatic carbocycles. The largest absolute Gasteiger partial charge is 0.496 e. The van der Waals surface area contributed by atoms with Gasteiger partial charge in [0, 0.05) is 24.8 Å². The van der Waals surface area contributed by atoms with Gasteiger partial charge in [-0.3, -0.25) is 9.69 Å². The Morgan fingerprint density at radius 2 is 1.69 bits per heavy atom. The van der Waals surface area contributed by atoms with Crippen LogP contribution in [-0.4, -0.2) is 44.2 Å². The van der Waals surface area contributed by atoms with E-state index in [-0.39, 0.29) is 11.9 Å². The van der Waals surface area contributed by atoms with E-state index in [9.17, 15) is 4.79 Å². The number of benzene rings is 2. The molecule has 5 nitrogen and oxygen atoms in total. The van der Waals surface area contributed by atoms with Gasteiger partial charge in [0.1, 0.15) is 11.5 Å². The molecule has 26 heavy (non-hydrogen) atoms.